The first kappa shape index (κ1) is 24.6. The summed E-state index contributed by atoms with van der Waals surface area (Å²) in [5, 5.41) is 0. The van der Waals surface area contributed by atoms with Gasteiger partial charge in [-0.05, 0) is 29.3 Å². The van der Waals surface area contributed by atoms with Gasteiger partial charge in [-0.15, -0.1) is 0 Å². The molecule has 0 N–H and O–H groups in total. The molecular weight excluding hydrogens is 437 g/mol. The third kappa shape index (κ3) is 6.04. The Morgan fingerprint density at radius 1 is 0.758 bits per heavy atom. The van der Waals surface area contributed by atoms with Gasteiger partial charge in [-0.3, -0.25) is 0 Å². The van der Waals surface area contributed by atoms with Gasteiger partial charge >= 0.3 is 6.18 Å². The second-order valence-electron chi connectivity index (χ2n) is 7.05. The van der Waals surface area contributed by atoms with Crippen molar-refractivity contribution in [2.45, 2.75) is 19.1 Å². The number of benzene rings is 3. The predicted molar refractivity (Wildman–Crippen MR) is 117 cm³/mol. The summed E-state index contributed by atoms with van der Waals surface area (Å²) in [7, 11) is 3.99. The van der Waals surface area contributed by atoms with Crippen LogP contribution in [0.3, 0.4) is 0 Å². The maximum atomic E-state index is 13.7. The normalized spacial score (nSPS) is 11.6. The number of alkyl halides is 3. The van der Waals surface area contributed by atoms with Crippen LogP contribution >= 0.6 is 0 Å². The van der Waals surface area contributed by atoms with Crippen molar-refractivity contribution < 1.29 is 36.9 Å². The van der Waals surface area contributed by atoms with Crippen LogP contribution in [0.4, 0.5) is 13.2 Å². The molecule has 176 valence electrons. The zero-order chi connectivity index (χ0) is 23.8. The lowest BCUT2D eigenvalue weighted by atomic mass is 10.0. The number of halogens is 3. The Kier molecular flexibility index (Phi) is 8.32. The van der Waals surface area contributed by atoms with Crippen LogP contribution in [0.1, 0.15) is 23.0 Å². The summed E-state index contributed by atoms with van der Waals surface area (Å²) in [6, 6.07) is 19.6. The molecule has 0 saturated carbocycles. The van der Waals surface area contributed by atoms with Gasteiger partial charge in [0.15, 0.2) is 13.1 Å². The first-order valence-corrected chi connectivity index (χ1v) is 10.1. The Bertz CT molecular complexity index is 1020. The van der Waals surface area contributed by atoms with Crippen molar-refractivity contribution in [3.8, 4) is 22.6 Å². The Morgan fingerprint density at radius 3 is 1.97 bits per heavy atom. The molecule has 8 heteroatoms. The van der Waals surface area contributed by atoms with Gasteiger partial charge in [0, 0.05) is 26.9 Å². The average molecular weight is 462 g/mol. The highest BCUT2D eigenvalue weighted by atomic mass is 19.4. The quantitative estimate of drug-likeness (QED) is 0.335. The van der Waals surface area contributed by atoms with Gasteiger partial charge in [-0.25, -0.2) is 0 Å². The van der Waals surface area contributed by atoms with Gasteiger partial charge in [0.25, 0.3) is 0 Å². The van der Waals surface area contributed by atoms with E-state index in [0.717, 1.165) is 17.2 Å². The lowest BCUT2D eigenvalue weighted by Crippen LogP contribution is -2.17. The van der Waals surface area contributed by atoms with Gasteiger partial charge in [0.1, 0.15) is 18.1 Å². The molecule has 0 bridgehead atoms. The van der Waals surface area contributed by atoms with Crippen molar-refractivity contribution in [3.05, 3.63) is 83.4 Å². The minimum absolute atomic E-state index is 0.0231. The molecule has 5 nitrogen and oxygen atoms in total. The molecule has 3 rings (SSSR count). The van der Waals surface area contributed by atoms with Gasteiger partial charge < -0.3 is 23.7 Å². The van der Waals surface area contributed by atoms with Gasteiger partial charge in [0.2, 0.25) is 0 Å². The average Bonchev–Trinajstić information content (AvgIpc) is 2.83. The van der Waals surface area contributed by atoms with E-state index in [2.05, 4.69) is 0 Å². The number of rotatable bonds is 10. The first-order valence-electron chi connectivity index (χ1n) is 10.1. The maximum Gasteiger partial charge on any atom is 0.419 e. The van der Waals surface area contributed by atoms with Crippen LogP contribution in [-0.4, -0.2) is 28.1 Å². The van der Waals surface area contributed by atoms with Crippen LogP contribution in [0.5, 0.6) is 11.5 Å². The van der Waals surface area contributed by atoms with Crippen molar-refractivity contribution in [3.63, 3.8) is 0 Å². The van der Waals surface area contributed by atoms with E-state index in [0.29, 0.717) is 11.3 Å². The van der Waals surface area contributed by atoms with Gasteiger partial charge in [-0.1, -0.05) is 48.5 Å². The van der Waals surface area contributed by atoms with E-state index in [-0.39, 0.29) is 19.0 Å². The monoisotopic (exact) mass is 462 g/mol. The molecule has 0 fully saturated rings. The van der Waals surface area contributed by atoms with Crippen molar-refractivity contribution in [1.82, 2.24) is 0 Å². The van der Waals surface area contributed by atoms with E-state index < -0.39 is 23.8 Å². The lowest BCUT2D eigenvalue weighted by molar-refractivity contribution is -0.141. The summed E-state index contributed by atoms with van der Waals surface area (Å²) in [6.45, 7) is -0.397. The number of hydrogen-bond acceptors (Lipinski definition) is 5. The van der Waals surface area contributed by atoms with Crippen LogP contribution in [0, 0.1) is 0 Å². The van der Waals surface area contributed by atoms with Crippen LogP contribution in [-0.2, 0) is 27.0 Å². The second kappa shape index (κ2) is 11.2. The molecule has 0 unspecified atom stereocenters. The minimum atomic E-state index is -4.64. The summed E-state index contributed by atoms with van der Waals surface area (Å²) in [5.41, 5.74) is 1.65. The van der Waals surface area contributed by atoms with Crippen molar-refractivity contribution in [1.29, 1.82) is 0 Å². The van der Waals surface area contributed by atoms with Gasteiger partial charge in [0.05, 0.1) is 11.1 Å². The molecule has 0 spiro atoms. The van der Waals surface area contributed by atoms with Crippen molar-refractivity contribution in [2.75, 3.05) is 28.1 Å². The number of methoxy groups -OCH3 is 3. The first-order chi connectivity index (χ1) is 15.9. The molecule has 0 saturated heterocycles. The van der Waals surface area contributed by atoms with E-state index in [1.165, 1.54) is 27.4 Å². The Balaban J connectivity index is 1.91. The largest absolute Gasteiger partial charge is 0.489 e. The van der Waals surface area contributed by atoms with Crippen LogP contribution in [0.25, 0.3) is 11.1 Å². The number of ether oxygens (including phenoxy) is 5. The van der Waals surface area contributed by atoms with E-state index >= 15 is 0 Å². The predicted octanol–water partition coefficient (Wildman–Crippen LogP) is 6.23. The third-order valence-corrected chi connectivity index (χ3v) is 4.93. The zero-order valence-corrected chi connectivity index (χ0v) is 18.5. The van der Waals surface area contributed by atoms with Crippen LogP contribution in [0.2, 0.25) is 0 Å². The SMILES string of the molecule is COCOc1c(C(F)(F)F)ccc(COc2ccc(-c3ccccc3)cc2)c1C(OC)OC. The van der Waals surface area contributed by atoms with Gasteiger partial charge in [-0.2, -0.15) is 13.2 Å². The summed E-state index contributed by atoms with van der Waals surface area (Å²) in [6.07, 6.45) is -5.74. The molecular formula is C25H25F3O5. The molecule has 0 atom stereocenters. The van der Waals surface area contributed by atoms with E-state index in [9.17, 15) is 13.2 Å². The summed E-state index contributed by atoms with van der Waals surface area (Å²) in [5.74, 6) is 0.143. The topological polar surface area (TPSA) is 46.2 Å². The van der Waals surface area contributed by atoms with Crippen molar-refractivity contribution in [2.24, 2.45) is 0 Å². The number of hydrogen-bond donors (Lipinski definition) is 0. The molecule has 33 heavy (non-hydrogen) atoms. The summed E-state index contributed by atoms with van der Waals surface area (Å²) >= 11 is 0. The Hall–Kier alpha value is -3.07. The summed E-state index contributed by atoms with van der Waals surface area (Å²) < 4.78 is 67.5. The smallest absolute Gasteiger partial charge is 0.419 e. The molecule has 0 aliphatic carbocycles. The Labute approximate surface area is 190 Å². The Morgan fingerprint density at radius 2 is 1.39 bits per heavy atom. The standard InChI is InChI=1S/C25H25F3O5/c1-29-16-33-23-21(25(26,27)28)14-11-19(22(23)24(30-2)31-3)15-32-20-12-9-18(10-13-20)17-7-5-4-6-8-17/h4-14,24H,15-16H2,1-3H3. The molecule has 0 aliphatic rings. The van der Waals surface area contributed by atoms with E-state index in [4.69, 9.17) is 23.7 Å². The molecule has 0 aromatic heterocycles. The molecule has 0 amide bonds. The van der Waals surface area contributed by atoms with Crippen LogP contribution < -0.4 is 9.47 Å². The fourth-order valence-electron chi connectivity index (χ4n) is 3.39. The molecule has 0 radical (unpaired) electrons. The lowest BCUT2D eigenvalue weighted by Gasteiger charge is -2.24. The highest BCUT2D eigenvalue weighted by Gasteiger charge is 2.38. The molecule has 0 aliphatic heterocycles. The highest BCUT2D eigenvalue weighted by Crippen LogP contribution is 2.43. The minimum Gasteiger partial charge on any atom is -0.489 e. The second-order valence-corrected chi connectivity index (χ2v) is 7.05. The zero-order valence-electron chi connectivity index (χ0n) is 18.5. The maximum absolute atomic E-state index is 13.7. The van der Waals surface area contributed by atoms with E-state index in [1.807, 2.05) is 42.5 Å². The molecule has 3 aromatic rings. The van der Waals surface area contributed by atoms with E-state index in [1.54, 1.807) is 12.1 Å². The molecule has 3 aromatic carbocycles. The third-order valence-electron chi connectivity index (χ3n) is 4.93. The van der Waals surface area contributed by atoms with Crippen molar-refractivity contribution >= 4 is 0 Å². The highest BCUT2D eigenvalue weighted by molar-refractivity contribution is 5.63. The summed E-state index contributed by atoms with van der Waals surface area (Å²) in [4.78, 5) is 0. The van der Waals surface area contributed by atoms with Crippen LogP contribution in [0.15, 0.2) is 66.7 Å². The fourth-order valence-corrected chi connectivity index (χ4v) is 3.39. The fraction of sp³-hybridized carbons (Fsp3) is 0.280. The molecule has 0 heterocycles.